The first kappa shape index (κ1) is 20.1. The predicted molar refractivity (Wildman–Crippen MR) is 110 cm³/mol. The van der Waals surface area contributed by atoms with Crippen LogP contribution >= 0.6 is 0 Å². The molecule has 0 saturated carbocycles. The van der Waals surface area contributed by atoms with Crippen molar-refractivity contribution in [1.29, 1.82) is 0 Å². The molecule has 1 atom stereocenters. The smallest absolute Gasteiger partial charge is 0.242 e. The van der Waals surface area contributed by atoms with Gasteiger partial charge in [-0.25, -0.2) is 8.42 Å². The first-order chi connectivity index (χ1) is 13.5. The van der Waals surface area contributed by atoms with Crippen LogP contribution in [0.3, 0.4) is 0 Å². The van der Waals surface area contributed by atoms with Crippen molar-refractivity contribution in [1.82, 2.24) is 0 Å². The number of sulfone groups is 1. The maximum Gasteiger partial charge on any atom is 0.242 e. The molecule has 1 amide bonds. The summed E-state index contributed by atoms with van der Waals surface area (Å²) in [7, 11) is -3.56. The number of carbonyl (C=O) groups is 1. The standard InChI is InChI=1S/C22H23NO4S/c1-17(28(25,26)21-12-14-27-15-13-21)22(24)23-20-9-5-8-19(16-20)11-10-18-6-3-2-4-7-18/h2-9,16-17,21H,12-15H2,1H3,(H,23,24)/t17-/m1/s1. The van der Waals surface area contributed by atoms with E-state index in [4.69, 9.17) is 4.74 Å². The normalized spacial score (nSPS) is 15.9. The van der Waals surface area contributed by atoms with Gasteiger partial charge in [0.15, 0.2) is 9.84 Å². The Morgan fingerprint density at radius 1 is 1.04 bits per heavy atom. The Bertz CT molecular complexity index is 984. The summed E-state index contributed by atoms with van der Waals surface area (Å²) in [4.78, 5) is 12.5. The summed E-state index contributed by atoms with van der Waals surface area (Å²) in [6, 6.07) is 16.7. The molecule has 0 spiro atoms. The summed E-state index contributed by atoms with van der Waals surface area (Å²) in [6.07, 6.45) is 0.870. The zero-order valence-corrected chi connectivity index (χ0v) is 16.5. The first-order valence-corrected chi connectivity index (χ1v) is 10.9. The Balaban J connectivity index is 1.69. The van der Waals surface area contributed by atoms with Crippen LogP contribution in [0.15, 0.2) is 54.6 Å². The third kappa shape index (κ3) is 5.00. The number of hydrogen-bond acceptors (Lipinski definition) is 4. The lowest BCUT2D eigenvalue weighted by molar-refractivity contribution is -0.115. The van der Waals surface area contributed by atoms with Gasteiger partial charge in [-0.3, -0.25) is 4.79 Å². The van der Waals surface area contributed by atoms with E-state index in [2.05, 4.69) is 17.2 Å². The monoisotopic (exact) mass is 397 g/mol. The van der Waals surface area contributed by atoms with Crippen molar-refractivity contribution >= 4 is 21.4 Å². The average molecular weight is 397 g/mol. The van der Waals surface area contributed by atoms with E-state index >= 15 is 0 Å². The van der Waals surface area contributed by atoms with Gasteiger partial charge in [-0.15, -0.1) is 0 Å². The van der Waals surface area contributed by atoms with Crippen molar-refractivity contribution in [3.8, 4) is 11.8 Å². The number of rotatable bonds is 4. The van der Waals surface area contributed by atoms with Gasteiger partial charge in [0.2, 0.25) is 5.91 Å². The Labute approximate surface area is 166 Å². The van der Waals surface area contributed by atoms with Gasteiger partial charge in [-0.05, 0) is 50.1 Å². The van der Waals surface area contributed by atoms with Gasteiger partial charge in [0.25, 0.3) is 0 Å². The molecule has 2 aromatic carbocycles. The molecule has 3 rings (SSSR count). The number of anilines is 1. The van der Waals surface area contributed by atoms with E-state index in [1.165, 1.54) is 6.92 Å². The van der Waals surface area contributed by atoms with E-state index < -0.39 is 26.2 Å². The Morgan fingerprint density at radius 3 is 2.39 bits per heavy atom. The second kappa shape index (κ2) is 9.05. The summed E-state index contributed by atoms with van der Waals surface area (Å²) < 4.78 is 30.6. The summed E-state index contributed by atoms with van der Waals surface area (Å²) in [5.74, 6) is 5.59. The lowest BCUT2D eigenvalue weighted by Gasteiger charge is -2.25. The molecular formula is C22H23NO4S. The minimum Gasteiger partial charge on any atom is -0.381 e. The molecule has 0 aromatic heterocycles. The van der Waals surface area contributed by atoms with Gasteiger partial charge in [0, 0.05) is 30.0 Å². The van der Waals surface area contributed by atoms with Gasteiger partial charge in [-0.1, -0.05) is 36.1 Å². The highest BCUT2D eigenvalue weighted by atomic mass is 32.2. The zero-order valence-electron chi connectivity index (χ0n) is 15.7. The van der Waals surface area contributed by atoms with Crippen molar-refractivity contribution in [3.05, 3.63) is 65.7 Å². The highest BCUT2D eigenvalue weighted by Gasteiger charge is 2.36. The molecule has 6 heteroatoms. The summed E-state index contributed by atoms with van der Waals surface area (Å²) in [5.41, 5.74) is 2.16. The second-order valence-electron chi connectivity index (χ2n) is 6.73. The quantitative estimate of drug-likeness (QED) is 0.805. The first-order valence-electron chi connectivity index (χ1n) is 9.25. The highest BCUT2D eigenvalue weighted by molar-refractivity contribution is 7.93. The molecule has 146 valence electrons. The minimum atomic E-state index is -3.56. The SMILES string of the molecule is C[C@H](C(=O)Nc1cccc(C#Cc2ccccc2)c1)S(=O)(=O)C1CCOCC1. The molecule has 1 aliphatic heterocycles. The van der Waals surface area contributed by atoms with Crippen LogP contribution in [0.4, 0.5) is 5.69 Å². The van der Waals surface area contributed by atoms with Crippen LogP contribution in [0, 0.1) is 11.8 Å². The van der Waals surface area contributed by atoms with Crippen LogP contribution in [0.25, 0.3) is 0 Å². The number of ether oxygens (including phenoxy) is 1. The van der Waals surface area contributed by atoms with E-state index in [1.54, 1.807) is 18.2 Å². The van der Waals surface area contributed by atoms with Crippen LogP contribution in [0.5, 0.6) is 0 Å². The van der Waals surface area contributed by atoms with Crippen LogP contribution in [-0.2, 0) is 19.4 Å². The molecule has 0 bridgehead atoms. The summed E-state index contributed by atoms with van der Waals surface area (Å²) in [5, 5.41) is 1.07. The molecule has 1 fully saturated rings. The lowest BCUT2D eigenvalue weighted by atomic mass is 10.1. The van der Waals surface area contributed by atoms with Crippen molar-refractivity contribution in [3.63, 3.8) is 0 Å². The molecule has 0 radical (unpaired) electrons. The van der Waals surface area contributed by atoms with Crippen LogP contribution in [-0.4, -0.2) is 38.0 Å². The molecule has 28 heavy (non-hydrogen) atoms. The van der Waals surface area contributed by atoms with Gasteiger partial charge in [0.1, 0.15) is 5.25 Å². The largest absolute Gasteiger partial charge is 0.381 e. The minimum absolute atomic E-state index is 0.417. The second-order valence-corrected chi connectivity index (χ2v) is 9.28. The Morgan fingerprint density at radius 2 is 1.68 bits per heavy atom. The fourth-order valence-corrected chi connectivity index (χ4v) is 4.81. The number of amides is 1. The van der Waals surface area contributed by atoms with Crippen molar-refractivity contribution in [2.75, 3.05) is 18.5 Å². The Kier molecular flexibility index (Phi) is 6.50. The fourth-order valence-electron chi connectivity index (χ4n) is 3.03. The molecule has 0 aliphatic carbocycles. The van der Waals surface area contributed by atoms with Crippen LogP contribution in [0.2, 0.25) is 0 Å². The maximum atomic E-state index is 12.7. The van der Waals surface area contributed by atoms with Gasteiger partial charge < -0.3 is 10.1 Å². The number of benzene rings is 2. The fraction of sp³-hybridized carbons (Fsp3) is 0.318. The molecule has 1 heterocycles. The predicted octanol–water partition coefficient (Wildman–Crippen LogP) is 3.01. The molecule has 1 aliphatic rings. The maximum absolute atomic E-state index is 12.7. The van der Waals surface area contributed by atoms with E-state index in [-0.39, 0.29) is 0 Å². The van der Waals surface area contributed by atoms with E-state index in [0.717, 1.165) is 11.1 Å². The topological polar surface area (TPSA) is 72.5 Å². The zero-order chi connectivity index (χ0) is 20.0. The third-order valence-corrected chi connectivity index (χ3v) is 7.35. The average Bonchev–Trinajstić information content (AvgIpc) is 2.73. The van der Waals surface area contributed by atoms with Crippen LogP contribution < -0.4 is 5.32 Å². The van der Waals surface area contributed by atoms with Crippen molar-refractivity contribution < 1.29 is 17.9 Å². The van der Waals surface area contributed by atoms with Gasteiger partial charge >= 0.3 is 0 Å². The van der Waals surface area contributed by atoms with Crippen molar-refractivity contribution in [2.24, 2.45) is 0 Å². The molecule has 0 unspecified atom stereocenters. The molecule has 5 nitrogen and oxygen atoms in total. The number of hydrogen-bond donors (Lipinski definition) is 1. The summed E-state index contributed by atoms with van der Waals surface area (Å²) in [6.45, 7) is 2.28. The highest BCUT2D eigenvalue weighted by Crippen LogP contribution is 2.21. The van der Waals surface area contributed by atoms with Crippen LogP contribution in [0.1, 0.15) is 30.9 Å². The van der Waals surface area contributed by atoms with E-state index in [1.807, 2.05) is 36.4 Å². The van der Waals surface area contributed by atoms with Gasteiger partial charge in [0.05, 0.1) is 5.25 Å². The van der Waals surface area contributed by atoms with E-state index in [9.17, 15) is 13.2 Å². The molecule has 2 aromatic rings. The Hall–Kier alpha value is -2.62. The van der Waals surface area contributed by atoms with Gasteiger partial charge in [-0.2, -0.15) is 0 Å². The third-order valence-electron chi connectivity index (χ3n) is 4.75. The number of carbonyl (C=O) groups excluding carboxylic acids is 1. The van der Waals surface area contributed by atoms with E-state index in [0.29, 0.717) is 31.7 Å². The number of nitrogens with one attached hydrogen (secondary N) is 1. The lowest BCUT2D eigenvalue weighted by Crippen LogP contribution is -2.41. The molecule has 1 saturated heterocycles. The summed E-state index contributed by atoms with van der Waals surface area (Å²) >= 11 is 0. The molecule has 1 N–H and O–H groups in total. The molecular weight excluding hydrogens is 374 g/mol. The van der Waals surface area contributed by atoms with Crippen molar-refractivity contribution in [2.45, 2.75) is 30.3 Å².